The van der Waals surface area contributed by atoms with Gasteiger partial charge in [-0.05, 0) is 60.9 Å². The molecule has 2 atom stereocenters. The van der Waals surface area contributed by atoms with Crippen molar-refractivity contribution in [2.45, 2.75) is 84.1 Å². The number of rotatable bonds is 6. The summed E-state index contributed by atoms with van der Waals surface area (Å²) in [7, 11) is 1.30. The maximum atomic E-state index is 12.4. The lowest BCUT2D eigenvalue weighted by Crippen LogP contribution is -2.44. The molecule has 1 fully saturated rings. The molecule has 0 aromatic heterocycles. The number of carbonyl (C=O) groups is 3. The smallest absolute Gasteiger partial charge is 0.411 e. The number of carbonyl (C=O) groups excluding carboxylic acids is 3. The van der Waals surface area contributed by atoms with Gasteiger partial charge in [0.25, 0.3) is 0 Å². The first kappa shape index (κ1) is 23.2. The third-order valence-electron chi connectivity index (χ3n) is 3.81. The molecule has 0 aromatic carbocycles. The van der Waals surface area contributed by atoms with E-state index in [4.69, 9.17) is 14.2 Å². The maximum absolute atomic E-state index is 12.4. The second-order valence-corrected chi connectivity index (χ2v) is 8.75. The van der Waals surface area contributed by atoms with Gasteiger partial charge in [0.1, 0.15) is 17.2 Å². The molecule has 0 radical (unpaired) electrons. The molecular weight excluding hydrogens is 352 g/mol. The molecule has 1 aliphatic heterocycles. The lowest BCUT2D eigenvalue weighted by molar-refractivity contribution is -0.154. The van der Waals surface area contributed by atoms with Crippen molar-refractivity contribution in [1.29, 1.82) is 0 Å². The number of nitrogens with zero attached hydrogens (tertiary/aromatic N) is 1. The van der Waals surface area contributed by atoms with Gasteiger partial charge in [0, 0.05) is 19.0 Å². The standard InChI is InChI=1S/C19H34N2O6/c1-18(2,3)26-15(22)9-8-10-20-13-11-14(16(23)25-7)21(12-13)17(24)27-19(4,5)6/h13-14,20H,8-12H2,1-7H3/t13-,14+/m1/s1. The first-order chi connectivity index (χ1) is 12.3. The third-order valence-corrected chi connectivity index (χ3v) is 3.81. The zero-order chi connectivity index (χ0) is 20.8. The minimum Gasteiger partial charge on any atom is -0.467 e. The van der Waals surface area contributed by atoms with Crippen molar-refractivity contribution in [3.05, 3.63) is 0 Å². The molecule has 1 N–H and O–H groups in total. The summed E-state index contributed by atoms with van der Waals surface area (Å²) in [5, 5.41) is 3.29. The molecule has 1 amide bonds. The van der Waals surface area contributed by atoms with Crippen LogP contribution in [0.5, 0.6) is 0 Å². The summed E-state index contributed by atoms with van der Waals surface area (Å²) in [5.41, 5.74) is -1.13. The molecule has 8 nitrogen and oxygen atoms in total. The zero-order valence-corrected chi connectivity index (χ0v) is 17.6. The van der Waals surface area contributed by atoms with Gasteiger partial charge in [-0.25, -0.2) is 9.59 Å². The molecule has 0 bridgehead atoms. The Morgan fingerprint density at radius 3 is 2.15 bits per heavy atom. The number of methoxy groups -OCH3 is 1. The molecule has 0 spiro atoms. The van der Waals surface area contributed by atoms with Crippen molar-refractivity contribution in [3.63, 3.8) is 0 Å². The average Bonchev–Trinajstić information content (AvgIpc) is 2.92. The fourth-order valence-electron chi connectivity index (χ4n) is 2.80. The summed E-state index contributed by atoms with van der Waals surface area (Å²) >= 11 is 0. The van der Waals surface area contributed by atoms with E-state index < -0.39 is 29.3 Å². The highest BCUT2D eigenvalue weighted by molar-refractivity contribution is 5.82. The first-order valence-corrected chi connectivity index (χ1v) is 9.35. The Bertz CT molecular complexity index is 535. The van der Waals surface area contributed by atoms with Crippen LogP contribution in [0.2, 0.25) is 0 Å². The normalized spacial score (nSPS) is 20.3. The van der Waals surface area contributed by atoms with E-state index in [1.54, 1.807) is 20.8 Å². The van der Waals surface area contributed by atoms with Crippen LogP contribution in [0.3, 0.4) is 0 Å². The maximum Gasteiger partial charge on any atom is 0.411 e. The number of nitrogens with one attached hydrogen (secondary N) is 1. The van der Waals surface area contributed by atoms with Crippen LogP contribution in [-0.2, 0) is 23.8 Å². The van der Waals surface area contributed by atoms with Crippen molar-refractivity contribution in [2.75, 3.05) is 20.2 Å². The fourth-order valence-corrected chi connectivity index (χ4v) is 2.80. The van der Waals surface area contributed by atoms with Gasteiger partial charge in [-0.3, -0.25) is 9.69 Å². The van der Waals surface area contributed by atoms with Crippen molar-refractivity contribution in [2.24, 2.45) is 0 Å². The molecule has 1 rings (SSSR count). The number of hydrogen-bond acceptors (Lipinski definition) is 7. The summed E-state index contributed by atoms with van der Waals surface area (Å²) in [6.07, 6.45) is 0.836. The van der Waals surface area contributed by atoms with Crippen LogP contribution in [0.4, 0.5) is 4.79 Å². The van der Waals surface area contributed by atoms with E-state index in [9.17, 15) is 14.4 Å². The minimum atomic E-state index is -0.673. The van der Waals surface area contributed by atoms with Gasteiger partial charge in [0.2, 0.25) is 0 Å². The van der Waals surface area contributed by atoms with Crippen molar-refractivity contribution in [1.82, 2.24) is 10.2 Å². The Hall–Kier alpha value is -1.83. The van der Waals surface area contributed by atoms with Gasteiger partial charge in [-0.15, -0.1) is 0 Å². The monoisotopic (exact) mass is 386 g/mol. The highest BCUT2D eigenvalue weighted by Gasteiger charge is 2.41. The van der Waals surface area contributed by atoms with E-state index >= 15 is 0 Å². The Morgan fingerprint density at radius 2 is 1.63 bits per heavy atom. The Kier molecular flexibility index (Phi) is 8.07. The van der Waals surface area contributed by atoms with E-state index in [1.807, 2.05) is 20.8 Å². The van der Waals surface area contributed by atoms with Crippen LogP contribution in [0.15, 0.2) is 0 Å². The molecule has 156 valence electrons. The predicted molar refractivity (Wildman–Crippen MR) is 100 cm³/mol. The predicted octanol–water partition coefficient (Wildman–Crippen LogP) is 2.25. The topological polar surface area (TPSA) is 94.2 Å². The van der Waals surface area contributed by atoms with Gasteiger partial charge in [0.15, 0.2) is 0 Å². The van der Waals surface area contributed by atoms with Gasteiger partial charge in [-0.2, -0.15) is 0 Å². The van der Waals surface area contributed by atoms with Crippen LogP contribution in [-0.4, -0.2) is 66.4 Å². The Balaban J connectivity index is 2.52. The van der Waals surface area contributed by atoms with Crippen molar-refractivity contribution < 1.29 is 28.6 Å². The molecule has 1 heterocycles. The molecule has 1 aliphatic rings. The number of amides is 1. The summed E-state index contributed by atoms with van der Waals surface area (Å²) < 4.78 is 15.5. The van der Waals surface area contributed by atoms with Gasteiger partial charge in [0.05, 0.1) is 7.11 Å². The third kappa shape index (κ3) is 8.60. The second-order valence-electron chi connectivity index (χ2n) is 8.75. The number of hydrogen-bond donors (Lipinski definition) is 1. The van der Waals surface area contributed by atoms with Crippen molar-refractivity contribution >= 4 is 18.0 Å². The highest BCUT2D eigenvalue weighted by Crippen LogP contribution is 2.22. The van der Waals surface area contributed by atoms with E-state index in [-0.39, 0.29) is 12.0 Å². The van der Waals surface area contributed by atoms with E-state index in [2.05, 4.69) is 5.32 Å². The largest absolute Gasteiger partial charge is 0.467 e. The highest BCUT2D eigenvalue weighted by atomic mass is 16.6. The molecule has 1 saturated heterocycles. The van der Waals surface area contributed by atoms with Gasteiger partial charge in [-0.1, -0.05) is 0 Å². The Labute approximate surface area is 161 Å². The number of esters is 2. The quantitative estimate of drug-likeness (QED) is 0.425. The van der Waals surface area contributed by atoms with Gasteiger partial charge >= 0.3 is 18.0 Å². The zero-order valence-electron chi connectivity index (χ0n) is 17.6. The average molecular weight is 386 g/mol. The molecule has 0 unspecified atom stereocenters. The van der Waals surface area contributed by atoms with E-state index in [1.165, 1.54) is 12.0 Å². The van der Waals surface area contributed by atoms with Gasteiger partial charge < -0.3 is 19.5 Å². The van der Waals surface area contributed by atoms with Crippen LogP contribution in [0.25, 0.3) is 0 Å². The van der Waals surface area contributed by atoms with Crippen LogP contribution < -0.4 is 5.32 Å². The van der Waals surface area contributed by atoms with E-state index in [0.717, 1.165) is 0 Å². The van der Waals surface area contributed by atoms with Crippen molar-refractivity contribution in [3.8, 4) is 0 Å². The fraction of sp³-hybridized carbons (Fsp3) is 0.842. The van der Waals surface area contributed by atoms with Crippen LogP contribution in [0, 0.1) is 0 Å². The summed E-state index contributed by atoms with van der Waals surface area (Å²) in [5.74, 6) is -0.697. The lowest BCUT2D eigenvalue weighted by Gasteiger charge is -2.27. The minimum absolute atomic E-state index is 0.0692. The Morgan fingerprint density at radius 1 is 1.04 bits per heavy atom. The SMILES string of the molecule is COC(=O)[C@@H]1C[C@@H](NCCCC(=O)OC(C)(C)C)CN1C(=O)OC(C)(C)C. The molecule has 8 heteroatoms. The first-order valence-electron chi connectivity index (χ1n) is 9.35. The molecule has 0 saturated carbocycles. The number of likely N-dealkylation sites (tertiary alicyclic amines) is 1. The van der Waals surface area contributed by atoms with E-state index in [0.29, 0.717) is 32.4 Å². The second kappa shape index (κ2) is 9.39. The number of ether oxygens (including phenoxy) is 3. The summed E-state index contributed by atoms with van der Waals surface area (Å²) in [6, 6.07) is -0.742. The van der Waals surface area contributed by atoms with Crippen LogP contribution in [0.1, 0.15) is 60.8 Å². The van der Waals surface area contributed by atoms with Crippen LogP contribution >= 0.6 is 0 Å². The summed E-state index contributed by atoms with van der Waals surface area (Å²) in [4.78, 5) is 37.6. The summed E-state index contributed by atoms with van der Waals surface area (Å²) in [6.45, 7) is 11.8. The molecule has 0 aliphatic carbocycles. The molecule has 0 aromatic rings. The molecule has 27 heavy (non-hydrogen) atoms. The lowest BCUT2D eigenvalue weighted by atomic mass is 10.1. The molecular formula is C19H34N2O6.